The van der Waals surface area contributed by atoms with Gasteiger partial charge >= 0.3 is 0 Å². The highest BCUT2D eigenvalue weighted by molar-refractivity contribution is 7.13. The smallest absolute Gasteiger partial charge is 0.283 e. The van der Waals surface area contributed by atoms with Gasteiger partial charge in [-0.3, -0.25) is 4.79 Å². The van der Waals surface area contributed by atoms with Crippen molar-refractivity contribution in [2.75, 3.05) is 13.7 Å². The van der Waals surface area contributed by atoms with Crippen molar-refractivity contribution in [2.24, 2.45) is 5.10 Å². The molecule has 1 amide bonds. The number of benzene rings is 1. The molecule has 1 aromatic carbocycles. The number of carbonyl (C=O) groups is 1. The molecule has 0 fully saturated rings. The Balaban J connectivity index is 2.03. The minimum absolute atomic E-state index is 0.260. The first-order valence-electron chi connectivity index (χ1n) is 7.63. The lowest BCUT2D eigenvalue weighted by Crippen LogP contribution is -2.17. The minimum atomic E-state index is -0.260. The fourth-order valence-corrected chi connectivity index (χ4v) is 2.86. The number of nitrogens with zero attached hydrogens (tertiary/aromatic N) is 2. The summed E-state index contributed by atoms with van der Waals surface area (Å²) in [5, 5.41) is 4.85. The number of rotatable bonds is 7. The van der Waals surface area contributed by atoms with Gasteiger partial charge in [0.25, 0.3) is 5.91 Å². The number of aromatic nitrogens is 1. The van der Waals surface area contributed by atoms with Crippen LogP contribution < -0.4 is 14.9 Å². The van der Waals surface area contributed by atoms with Crippen molar-refractivity contribution in [3.05, 3.63) is 39.3 Å². The van der Waals surface area contributed by atoms with Crippen LogP contribution in [0.25, 0.3) is 0 Å². The molecule has 24 heavy (non-hydrogen) atoms. The predicted octanol–water partition coefficient (Wildman–Crippen LogP) is 3.32. The van der Waals surface area contributed by atoms with E-state index in [1.54, 1.807) is 13.3 Å². The van der Waals surface area contributed by atoms with Crippen LogP contribution in [0.3, 0.4) is 0 Å². The van der Waals surface area contributed by atoms with Crippen molar-refractivity contribution in [3.8, 4) is 11.5 Å². The molecule has 0 atom stereocenters. The molecular formula is C17H21N3O3S. The Morgan fingerprint density at radius 1 is 1.38 bits per heavy atom. The average Bonchev–Trinajstić information content (AvgIpc) is 2.91. The van der Waals surface area contributed by atoms with E-state index in [1.165, 1.54) is 11.3 Å². The van der Waals surface area contributed by atoms with Crippen LogP contribution in [0.4, 0.5) is 0 Å². The van der Waals surface area contributed by atoms with Crippen molar-refractivity contribution in [1.82, 2.24) is 10.4 Å². The molecule has 0 aliphatic carbocycles. The molecule has 2 aromatic rings. The van der Waals surface area contributed by atoms with Gasteiger partial charge in [-0.15, -0.1) is 11.3 Å². The number of methoxy groups -OCH3 is 1. The van der Waals surface area contributed by atoms with Crippen molar-refractivity contribution in [1.29, 1.82) is 0 Å². The third-order valence-electron chi connectivity index (χ3n) is 3.14. The van der Waals surface area contributed by atoms with Crippen LogP contribution in [0.2, 0.25) is 0 Å². The van der Waals surface area contributed by atoms with Gasteiger partial charge in [0.15, 0.2) is 11.5 Å². The van der Waals surface area contributed by atoms with Crippen LogP contribution in [-0.4, -0.2) is 30.8 Å². The van der Waals surface area contributed by atoms with Crippen molar-refractivity contribution < 1.29 is 14.3 Å². The summed E-state index contributed by atoms with van der Waals surface area (Å²) in [4.78, 5) is 16.9. The summed E-state index contributed by atoms with van der Waals surface area (Å²) >= 11 is 1.35. The van der Waals surface area contributed by atoms with E-state index >= 15 is 0 Å². The number of ether oxygens (including phenoxy) is 2. The van der Waals surface area contributed by atoms with Gasteiger partial charge in [0.05, 0.1) is 30.6 Å². The molecular weight excluding hydrogens is 326 g/mol. The van der Waals surface area contributed by atoms with Crippen LogP contribution in [0.5, 0.6) is 11.5 Å². The molecule has 6 nitrogen and oxygen atoms in total. The molecule has 0 saturated heterocycles. The maximum Gasteiger partial charge on any atom is 0.283 e. The number of thiazole rings is 1. The Kier molecular flexibility index (Phi) is 6.31. The molecule has 0 spiro atoms. The SMILES string of the molecule is CCCOc1ccc(/C=N/NC(=O)c2sc(C)nc2C)cc1OC. The minimum Gasteiger partial charge on any atom is -0.493 e. The molecule has 1 aromatic heterocycles. The van der Waals surface area contributed by atoms with Crippen LogP contribution in [0.1, 0.15) is 39.3 Å². The topological polar surface area (TPSA) is 72.8 Å². The normalized spacial score (nSPS) is 10.8. The van der Waals surface area contributed by atoms with Crippen molar-refractivity contribution in [2.45, 2.75) is 27.2 Å². The van der Waals surface area contributed by atoms with Gasteiger partial charge in [0.1, 0.15) is 4.88 Å². The second-order valence-electron chi connectivity index (χ2n) is 5.11. The lowest BCUT2D eigenvalue weighted by Gasteiger charge is -2.10. The number of carbonyl (C=O) groups excluding carboxylic acids is 1. The average molecular weight is 347 g/mol. The van der Waals surface area contributed by atoms with Gasteiger partial charge in [0.2, 0.25) is 0 Å². The number of nitrogens with one attached hydrogen (secondary N) is 1. The highest BCUT2D eigenvalue weighted by Crippen LogP contribution is 2.27. The van der Waals surface area contributed by atoms with Gasteiger partial charge in [-0.25, -0.2) is 10.4 Å². The monoisotopic (exact) mass is 347 g/mol. The lowest BCUT2D eigenvalue weighted by atomic mass is 10.2. The highest BCUT2D eigenvalue weighted by atomic mass is 32.1. The zero-order valence-corrected chi connectivity index (χ0v) is 15.1. The molecule has 0 radical (unpaired) electrons. The van der Waals surface area contributed by atoms with E-state index in [2.05, 4.69) is 15.5 Å². The number of hydrazone groups is 1. The lowest BCUT2D eigenvalue weighted by molar-refractivity contribution is 0.0958. The Morgan fingerprint density at radius 2 is 2.17 bits per heavy atom. The fraction of sp³-hybridized carbons (Fsp3) is 0.353. The third kappa shape index (κ3) is 4.55. The van der Waals surface area contributed by atoms with Crippen LogP contribution in [0.15, 0.2) is 23.3 Å². The van der Waals surface area contributed by atoms with Gasteiger partial charge in [-0.1, -0.05) is 6.92 Å². The zero-order chi connectivity index (χ0) is 17.5. The van der Waals surface area contributed by atoms with Gasteiger partial charge in [-0.2, -0.15) is 5.10 Å². The predicted molar refractivity (Wildman–Crippen MR) is 95.4 cm³/mol. The van der Waals surface area contributed by atoms with Gasteiger partial charge < -0.3 is 9.47 Å². The van der Waals surface area contributed by atoms with E-state index in [9.17, 15) is 4.79 Å². The molecule has 2 rings (SSSR count). The van der Waals surface area contributed by atoms with E-state index in [0.29, 0.717) is 28.7 Å². The second-order valence-corrected chi connectivity index (χ2v) is 6.31. The van der Waals surface area contributed by atoms with E-state index in [0.717, 1.165) is 17.0 Å². The second kappa shape index (κ2) is 8.44. The largest absolute Gasteiger partial charge is 0.493 e. The molecule has 1 heterocycles. The first-order chi connectivity index (χ1) is 11.5. The summed E-state index contributed by atoms with van der Waals surface area (Å²) < 4.78 is 10.9. The first kappa shape index (κ1) is 17.9. The van der Waals surface area contributed by atoms with Crippen LogP contribution in [-0.2, 0) is 0 Å². The third-order valence-corrected chi connectivity index (χ3v) is 4.21. The Bertz CT molecular complexity index is 741. The van der Waals surface area contributed by atoms with Gasteiger partial charge in [-0.05, 0) is 44.0 Å². The summed E-state index contributed by atoms with van der Waals surface area (Å²) in [5.74, 6) is 1.06. The Morgan fingerprint density at radius 3 is 2.79 bits per heavy atom. The molecule has 128 valence electrons. The van der Waals surface area contributed by atoms with Crippen LogP contribution >= 0.6 is 11.3 Å². The summed E-state index contributed by atoms with van der Waals surface area (Å²) in [5.41, 5.74) is 4.03. The number of amides is 1. The standard InChI is InChI=1S/C17H21N3O3S/c1-5-8-23-14-7-6-13(9-15(14)22-4)10-18-20-17(21)16-11(2)19-12(3)24-16/h6-7,9-10H,5,8H2,1-4H3,(H,20,21)/b18-10+. The molecule has 0 saturated carbocycles. The summed E-state index contributed by atoms with van der Waals surface area (Å²) in [7, 11) is 1.59. The van der Waals surface area contributed by atoms with Crippen molar-refractivity contribution >= 4 is 23.5 Å². The fourth-order valence-electron chi connectivity index (χ4n) is 2.05. The van der Waals surface area contributed by atoms with E-state index in [1.807, 2.05) is 39.0 Å². The van der Waals surface area contributed by atoms with Crippen LogP contribution in [0, 0.1) is 13.8 Å². The summed E-state index contributed by atoms with van der Waals surface area (Å²) in [6.45, 7) is 6.35. The molecule has 1 N–H and O–H groups in total. The molecule has 0 unspecified atom stereocenters. The van der Waals surface area contributed by atoms with Crippen molar-refractivity contribution in [3.63, 3.8) is 0 Å². The molecule has 0 aliphatic heterocycles. The quantitative estimate of drug-likeness (QED) is 0.616. The maximum atomic E-state index is 12.1. The maximum absolute atomic E-state index is 12.1. The highest BCUT2D eigenvalue weighted by Gasteiger charge is 2.12. The molecule has 7 heteroatoms. The molecule has 0 bridgehead atoms. The van der Waals surface area contributed by atoms with E-state index in [-0.39, 0.29) is 5.91 Å². The number of hydrogen-bond donors (Lipinski definition) is 1. The number of hydrogen-bond acceptors (Lipinski definition) is 6. The Labute approximate surface area is 145 Å². The number of aryl methyl sites for hydroxylation is 2. The van der Waals surface area contributed by atoms with Gasteiger partial charge in [0, 0.05) is 0 Å². The zero-order valence-electron chi connectivity index (χ0n) is 14.3. The van der Waals surface area contributed by atoms with E-state index < -0.39 is 0 Å². The first-order valence-corrected chi connectivity index (χ1v) is 8.45. The Hall–Kier alpha value is -2.41. The van der Waals surface area contributed by atoms with E-state index in [4.69, 9.17) is 9.47 Å². The summed E-state index contributed by atoms with van der Waals surface area (Å²) in [6, 6.07) is 5.49. The summed E-state index contributed by atoms with van der Waals surface area (Å²) in [6.07, 6.45) is 2.49. The molecule has 0 aliphatic rings.